The Morgan fingerprint density at radius 2 is 2.00 bits per heavy atom. The monoisotopic (exact) mass is 518 g/mol. The molecule has 11 nitrogen and oxygen atoms in total. The molecule has 1 aliphatic carbocycles. The summed E-state index contributed by atoms with van der Waals surface area (Å²) in [7, 11) is 1.78. The van der Waals surface area contributed by atoms with Crippen LogP contribution in [0.5, 0.6) is 0 Å². The summed E-state index contributed by atoms with van der Waals surface area (Å²) < 4.78 is 10.8. The number of likely N-dealkylation sites (N-methyl/N-ethyl adjacent to an activating group) is 1. The van der Waals surface area contributed by atoms with Gasteiger partial charge >= 0.3 is 0 Å². The molecule has 3 unspecified atom stereocenters. The Morgan fingerprint density at radius 1 is 1.16 bits per heavy atom. The van der Waals surface area contributed by atoms with Crippen molar-refractivity contribution in [1.82, 2.24) is 20.5 Å². The van der Waals surface area contributed by atoms with Crippen LogP contribution in [0.15, 0.2) is 47.6 Å². The van der Waals surface area contributed by atoms with Gasteiger partial charge in [-0.15, -0.1) is 0 Å². The van der Waals surface area contributed by atoms with Crippen molar-refractivity contribution >= 4 is 29.2 Å². The number of rotatable bonds is 7. The smallest absolute Gasteiger partial charge is 0.256 e. The molecule has 0 saturated carbocycles. The van der Waals surface area contributed by atoms with Gasteiger partial charge in [0, 0.05) is 37.9 Å². The Labute approximate surface area is 220 Å². The van der Waals surface area contributed by atoms with Crippen molar-refractivity contribution in [3.63, 3.8) is 0 Å². The van der Waals surface area contributed by atoms with Crippen molar-refractivity contribution in [3.8, 4) is 0 Å². The SMILES string of the molecule is CNC1OC1NC(=O)C1CCc2ccc(NC(=O)CN3C(=O)C4(CCOCC4)N=C3c3ccccn3)cc21. The second-order valence-corrected chi connectivity index (χ2v) is 10.0. The average molecular weight is 519 g/mol. The molecule has 1 spiro atoms. The van der Waals surface area contributed by atoms with E-state index in [-0.39, 0.29) is 42.6 Å². The molecule has 0 radical (unpaired) electrons. The number of ether oxygens (including phenoxy) is 2. The van der Waals surface area contributed by atoms with E-state index in [2.05, 4.69) is 20.9 Å². The first-order chi connectivity index (χ1) is 18.5. The molecule has 198 valence electrons. The zero-order valence-corrected chi connectivity index (χ0v) is 21.1. The number of aliphatic imine (C=N–C) groups is 1. The third-order valence-electron chi connectivity index (χ3n) is 7.62. The minimum Gasteiger partial charge on any atom is -0.381 e. The molecule has 3 N–H and O–H groups in total. The third-order valence-corrected chi connectivity index (χ3v) is 7.62. The summed E-state index contributed by atoms with van der Waals surface area (Å²) in [6, 6.07) is 11.0. The van der Waals surface area contributed by atoms with E-state index in [4.69, 9.17) is 14.5 Å². The van der Waals surface area contributed by atoms with Crippen LogP contribution in [0.2, 0.25) is 0 Å². The largest absolute Gasteiger partial charge is 0.381 e. The van der Waals surface area contributed by atoms with Gasteiger partial charge in [-0.3, -0.25) is 29.6 Å². The van der Waals surface area contributed by atoms with Crippen LogP contribution in [0, 0.1) is 0 Å². The van der Waals surface area contributed by atoms with Crippen LogP contribution in [-0.4, -0.2) is 78.2 Å². The minimum absolute atomic E-state index is 0.0874. The highest BCUT2D eigenvalue weighted by atomic mass is 16.6. The summed E-state index contributed by atoms with van der Waals surface area (Å²) in [4.78, 5) is 50.2. The predicted molar refractivity (Wildman–Crippen MR) is 137 cm³/mol. The van der Waals surface area contributed by atoms with E-state index in [0.717, 1.165) is 17.5 Å². The van der Waals surface area contributed by atoms with Gasteiger partial charge in [0.05, 0.1) is 5.92 Å². The quantitative estimate of drug-likeness (QED) is 0.463. The molecule has 11 heteroatoms. The van der Waals surface area contributed by atoms with Crippen LogP contribution in [0.3, 0.4) is 0 Å². The lowest BCUT2D eigenvalue weighted by Crippen LogP contribution is -2.48. The fourth-order valence-corrected chi connectivity index (χ4v) is 5.51. The van der Waals surface area contributed by atoms with Gasteiger partial charge in [-0.05, 0) is 55.3 Å². The highest BCUT2D eigenvalue weighted by Gasteiger charge is 2.50. The zero-order chi connectivity index (χ0) is 26.3. The van der Waals surface area contributed by atoms with Crippen molar-refractivity contribution in [2.75, 3.05) is 32.1 Å². The molecule has 2 aromatic rings. The van der Waals surface area contributed by atoms with E-state index in [0.29, 0.717) is 49.7 Å². The summed E-state index contributed by atoms with van der Waals surface area (Å²) in [6.45, 7) is 0.691. The first kappa shape index (κ1) is 24.7. The molecule has 4 heterocycles. The minimum atomic E-state index is -0.920. The molecule has 3 atom stereocenters. The highest BCUT2D eigenvalue weighted by molar-refractivity contribution is 6.16. The van der Waals surface area contributed by atoms with Gasteiger partial charge in [0.2, 0.25) is 11.8 Å². The van der Waals surface area contributed by atoms with Gasteiger partial charge in [-0.1, -0.05) is 12.1 Å². The zero-order valence-electron chi connectivity index (χ0n) is 21.1. The van der Waals surface area contributed by atoms with Crippen LogP contribution < -0.4 is 16.0 Å². The summed E-state index contributed by atoms with van der Waals surface area (Å²) in [5, 5.41) is 8.80. The predicted octanol–water partition coefficient (Wildman–Crippen LogP) is 0.906. The van der Waals surface area contributed by atoms with Crippen molar-refractivity contribution in [2.24, 2.45) is 4.99 Å². The molecule has 6 rings (SSSR count). The molecule has 3 aliphatic heterocycles. The lowest BCUT2D eigenvalue weighted by atomic mass is 9.90. The Balaban J connectivity index is 1.17. The number of aromatic nitrogens is 1. The van der Waals surface area contributed by atoms with Gasteiger partial charge in [-0.2, -0.15) is 0 Å². The van der Waals surface area contributed by atoms with Crippen molar-refractivity contribution < 1.29 is 23.9 Å². The molecule has 2 saturated heterocycles. The number of nitrogens with one attached hydrogen (secondary N) is 3. The van der Waals surface area contributed by atoms with E-state index in [1.165, 1.54) is 4.90 Å². The normalized spacial score (nSPS) is 25.2. The van der Waals surface area contributed by atoms with E-state index >= 15 is 0 Å². The summed E-state index contributed by atoms with van der Waals surface area (Å²) in [5.41, 5.74) is 2.19. The fraction of sp³-hybridized carbons (Fsp3) is 0.444. The average Bonchev–Trinajstić information content (AvgIpc) is 3.47. The Bertz CT molecular complexity index is 1290. The number of nitrogens with zero attached hydrogens (tertiary/aromatic N) is 3. The van der Waals surface area contributed by atoms with Crippen molar-refractivity contribution in [1.29, 1.82) is 0 Å². The topological polar surface area (TPSA) is 138 Å². The number of amidine groups is 1. The number of hydrogen-bond acceptors (Lipinski definition) is 8. The molecule has 4 aliphatic rings. The number of pyridine rings is 1. The Kier molecular flexibility index (Phi) is 6.42. The highest BCUT2D eigenvalue weighted by Crippen LogP contribution is 2.36. The van der Waals surface area contributed by atoms with E-state index in [1.807, 2.05) is 24.3 Å². The maximum Gasteiger partial charge on any atom is 0.256 e. The van der Waals surface area contributed by atoms with Crippen LogP contribution in [0.25, 0.3) is 0 Å². The van der Waals surface area contributed by atoms with Gasteiger partial charge in [0.15, 0.2) is 18.3 Å². The van der Waals surface area contributed by atoms with Crippen molar-refractivity contribution in [2.45, 2.75) is 49.6 Å². The van der Waals surface area contributed by atoms with E-state index < -0.39 is 5.54 Å². The summed E-state index contributed by atoms with van der Waals surface area (Å²) >= 11 is 0. The molecular formula is C27H30N6O5. The van der Waals surface area contributed by atoms with Gasteiger partial charge < -0.3 is 20.1 Å². The molecule has 3 amide bonds. The van der Waals surface area contributed by atoms with Gasteiger partial charge in [-0.25, -0.2) is 4.99 Å². The number of amides is 3. The first-order valence-corrected chi connectivity index (χ1v) is 12.9. The molecule has 1 aromatic carbocycles. The van der Waals surface area contributed by atoms with Crippen LogP contribution in [0.4, 0.5) is 5.69 Å². The number of carbonyl (C=O) groups is 3. The number of benzene rings is 1. The molecule has 38 heavy (non-hydrogen) atoms. The lowest BCUT2D eigenvalue weighted by molar-refractivity contribution is -0.136. The van der Waals surface area contributed by atoms with Crippen LogP contribution in [0.1, 0.15) is 42.0 Å². The van der Waals surface area contributed by atoms with Crippen LogP contribution in [-0.2, 0) is 30.3 Å². The standard InChI is InChI=1S/C27H30N6O5/c1-28-24-25(38-24)31-23(35)18-8-6-16-5-7-17(14-19(16)18)30-21(34)15-33-22(20-4-2-3-11-29-20)32-27(26(33)36)9-12-37-13-10-27/h2-5,7,11,14,18,24-25,28H,6,8-10,12-13,15H2,1H3,(H,30,34)(H,31,35). The number of epoxide rings is 1. The Morgan fingerprint density at radius 3 is 2.74 bits per heavy atom. The lowest BCUT2D eigenvalue weighted by Gasteiger charge is -2.29. The fourth-order valence-electron chi connectivity index (χ4n) is 5.51. The maximum absolute atomic E-state index is 13.6. The second-order valence-electron chi connectivity index (χ2n) is 10.0. The molecule has 1 aromatic heterocycles. The van der Waals surface area contributed by atoms with Crippen LogP contribution >= 0.6 is 0 Å². The first-order valence-electron chi connectivity index (χ1n) is 12.9. The maximum atomic E-state index is 13.6. The Hall–Kier alpha value is -3.67. The number of anilines is 1. The van der Waals surface area contributed by atoms with Crippen molar-refractivity contribution in [3.05, 3.63) is 59.4 Å². The number of hydrogen-bond donors (Lipinski definition) is 3. The summed E-state index contributed by atoms with van der Waals surface area (Å²) in [5.74, 6) is -0.547. The summed E-state index contributed by atoms with van der Waals surface area (Å²) in [6.07, 6.45) is 3.60. The second kappa shape index (κ2) is 9.90. The number of fused-ring (bicyclic) bond motifs is 1. The molecule has 2 fully saturated rings. The molecular weight excluding hydrogens is 488 g/mol. The number of carbonyl (C=O) groups excluding carboxylic acids is 3. The number of aryl methyl sites for hydroxylation is 1. The van der Waals surface area contributed by atoms with Gasteiger partial charge in [0.25, 0.3) is 5.91 Å². The third kappa shape index (κ3) is 4.57. The van der Waals surface area contributed by atoms with Gasteiger partial charge in [0.1, 0.15) is 17.8 Å². The van der Waals surface area contributed by atoms with E-state index in [1.54, 1.807) is 25.4 Å². The van der Waals surface area contributed by atoms with E-state index in [9.17, 15) is 14.4 Å². The molecule has 0 bridgehead atoms.